The normalized spacial score (nSPS) is 22.5. The van der Waals surface area contributed by atoms with Crippen molar-refractivity contribution < 1.29 is 8.78 Å². The van der Waals surface area contributed by atoms with Crippen LogP contribution in [0.25, 0.3) is 0 Å². The van der Waals surface area contributed by atoms with E-state index in [1.165, 1.54) is 24.3 Å². The van der Waals surface area contributed by atoms with E-state index in [1.807, 2.05) is 0 Å². The Hall–Kier alpha value is -1.74. The van der Waals surface area contributed by atoms with Crippen LogP contribution in [0.15, 0.2) is 48.5 Å². The second-order valence-electron chi connectivity index (χ2n) is 4.23. The fourth-order valence-electron chi connectivity index (χ4n) is 2.06. The Morgan fingerprint density at radius 2 is 1.00 bits per heavy atom. The van der Waals surface area contributed by atoms with Crippen molar-refractivity contribution in [1.82, 2.24) is 5.32 Å². The lowest BCUT2D eigenvalue weighted by molar-refractivity contribution is 0.626. The highest BCUT2D eigenvalue weighted by molar-refractivity contribution is 5.34. The molecular weight excluding hydrogens is 220 g/mol. The van der Waals surface area contributed by atoms with E-state index in [1.54, 1.807) is 24.3 Å². The van der Waals surface area contributed by atoms with Gasteiger partial charge in [0.25, 0.3) is 0 Å². The van der Waals surface area contributed by atoms with Crippen molar-refractivity contribution in [2.24, 2.45) is 0 Å². The fraction of sp³-hybridized carbons (Fsp3) is 0.143. The topological polar surface area (TPSA) is 21.9 Å². The fourth-order valence-corrected chi connectivity index (χ4v) is 2.06. The molecule has 2 aromatic carbocycles. The Morgan fingerprint density at radius 3 is 1.35 bits per heavy atom. The first-order chi connectivity index (χ1) is 8.24. The second kappa shape index (κ2) is 3.93. The standard InChI is InChI=1S/C14H11F2N/c15-11-5-1-9(2-6-11)13-14(17-13)10-3-7-12(16)8-4-10/h1-8,13-14,17H. The van der Waals surface area contributed by atoms with Gasteiger partial charge in [-0.25, -0.2) is 8.78 Å². The highest BCUT2D eigenvalue weighted by atomic mass is 19.1. The van der Waals surface area contributed by atoms with E-state index < -0.39 is 0 Å². The van der Waals surface area contributed by atoms with Gasteiger partial charge in [-0.05, 0) is 35.4 Å². The molecule has 0 aromatic heterocycles. The van der Waals surface area contributed by atoms with Crippen LogP contribution in [0.5, 0.6) is 0 Å². The van der Waals surface area contributed by atoms with Gasteiger partial charge in [0.05, 0.1) is 12.1 Å². The average Bonchev–Trinajstić information content (AvgIpc) is 3.11. The summed E-state index contributed by atoms with van der Waals surface area (Å²) in [4.78, 5) is 0. The number of halogens is 2. The van der Waals surface area contributed by atoms with Crippen molar-refractivity contribution in [3.8, 4) is 0 Å². The maximum absolute atomic E-state index is 12.8. The van der Waals surface area contributed by atoms with Gasteiger partial charge in [0.15, 0.2) is 0 Å². The van der Waals surface area contributed by atoms with Gasteiger partial charge < -0.3 is 0 Å². The van der Waals surface area contributed by atoms with Crippen LogP contribution in [0.3, 0.4) is 0 Å². The zero-order valence-electron chi connectivity index (χ0n) is 9.03. The molecule has 0 aliphatic carbocycles. The van der Waals surface area contributed by atoms with Crippen LogP contribution in [0.1, 0.15) is 23.2 Å². The molecule has 1 nitrogen and oxygen atoms in total. The van der Waals surface area contributed by atoms with E-state index in [4.69, 9.17) is 0 Å². The van der Waals surface area contributed by atoms with Crippen molar-refractivity contribution in [1.29, 1.82) is 0 Å². The molecule has 3 rings (SSSR count). The van der Waals surface area contributed by atoms with Gasteiger partial charge in [0.2, 0.25) is 0 Å². The van der Waals surface area contributed by atoms with E-state index in [9.17, 15) is 8.78 Å². The Kier molecular flexibility index (Phi) is 2.41. The lowest BCUT2D eigenvalue weighted by Crippen LogP contribution is -1.85. The van der Waals surface area contributed by atoms with Gasteiger partial charge in [-0.1, -0.05) is 24.3 Å². The van der Waals surface area contributed by atoms with Gasteiger partial charge >= 0.3 is 0 Å². The Bertz CT molecular complexity index is 469. The van der Waals surface area contributed by atoms with Crippen molar-refractivity contribution in [2.75, 3.05) is 0 Å². The second-order valence-corrected chi connectivity index (χ2v) is 4.23. The average molecular weight is 231 g/mol. The molecule has 3 heteroatoms. The molecule has 17 heavy (non-hydrogen) atoms. The van der Waals surface area contributed by atoms with Gasteiger partial charge in [0, 0.05) is 0 Å². The van der Waals surface area contributed by atoms with E-state index in [0.717, 1.165) is 11.1 Å². The maximum Gasteiger partial charge on any atom is 0.123 e. The van der Waals surface area contributed by atoms with Gasteiger partial charge in [-0.2, -0.15) is 0 Å². The summed E-state index contributed by atoms with van der Waals surface area (Å²) in [5.74, 6) is -0.458. The lowest BCUT2D eigenvalue weighted by Gasteiger charge is -1.99. The molecule has 0 amide bonds. The minimum atomic E-state index is -0.229. The van der Waals surface area contributed by atoms with Crippen LogP contribution in [-0.4, -0.2) is 0 Å². The molecule has 2 atom stereocenters. The van der Waals surface area contributed by atoms with E-state index in [0.29, 0.717) is 0 Å². The third-order valence-electron chi connectivity index (χ3n) is 3.04. The first-order valence-corrected chi connectivity index (χ1v) is 5.51. The molecule has 1 fully saturated rings. The molecule has 0 radical (unpaired) electrons. The predicted octanol–water partition coefficient (Wildman–Crippen LogP) is 3.35. The molecule has 86 valence electrons. The quantitative estimate of drug-likeness (QED) is 0.786. The molecule has 0 saturated carbocycles. The summed E-state index contributed by atoms with van der Waals surface area (Å²) in [5, 5.41) is 3.30. The summed E-state index contributed by atoms with van der Waals surface area (Å²) in [7, 11) is 0. The Labute approximate surface area is 98.1 Å². The van der Waals surface area contributed by atoms with Crippen LogP contribution in [-0.2, 0) is 0 Å². The van der Waals surface area contributed by atoms with Gasteiger partial charge in [-0.3, -0.25) is 5.32 Å². The molecule has 0 spiro atoms. The third-order valence-corrected chi connectivity index (χ3v) is 3.04. The molecule has 1 heterocycles. The highest BCUT2D eigenvalue weighted by Crippen LogP contribution is 2.42. The molecular formula is C14H11F2N. The maximum atomic E-state index is 12.8. The number of nitrogens with one attached hydrogen (secondary N) is 1. The summed E-state index contributed by atoms with van der Waals surface area (Å²) < 4.78 is 25.5. The zero-order chi connectivity index (χ0) is 11.8. The van der Waals surface area contributed by atoms with Crippen molar-refractivity contribution >= 4 is 0 Å². The molecule has 1 N–H and O–H groups in total. The zero-order valence-corrected chi connectivity index (χ0v) is 9.03. The minimum Gasteiger partial charge on any atom is -0.300 e. The predicted molar refractivity (Wildman–Crippen MR) is 61.4 cm³/mol. The SMILES string of the molecule is Fc1ccc(C2NC2c2ccc(F)cc2)cc1. The van der Waals surface area contributed by atoms with Crippen LogP contribution in [0, 0.1) is 11.6 Å². The monoisotopic (exact) mass is 231 g/mol. The number of hydrogen-bond donors (Lipinski definition) is 1. The summed E-state index contributed by atoms with van der Waals surface area (Å²) in [6, 6.07) is 13.3. The Morgan fingerprint density at radius 1 is 0.647 bits per heavy atom. The number of rotatable bonds is 2. The molecule has 2 unspecified atom stereocenters. The van der Waals surface area contributed by atoms with Crippen LogP contribution in [0.2, 0.25) is 0 Å². The number of hydrogen-bond acceptors (Lipinski definition) is 1. The van der Waals surface area contributed by atoms with Gasteiger partial charge in [-0.15, -0.1) is 0 Å². The van der Waals surface area contributed by atoms with Crippen LogP contribution < -0.4 is 5.32 Å². The summed E-state index contributed by atoms with van der Waals surface area (Å²) in [6.07, 6.45) is 0. The van der Waals surface area contributed by atoms with E-state index >= 15 is 0 Å². The van der Waals surface area contributed by atoms with Crippen molar-refractivity contribution in [2.45, 2.75) is 12.1 Å². The van der Waals surface area contributed by atoms with E-state index in [2.05, 4.69) is 5.32 Å². The largest absolute Gasteiger partial charge is 0.300 e. The first kappa shape index (κ1) is 10.4. The summed E-state index contributed by atoms with van der Waals surface area (Å²) >= 11 is 0. The van der Waals surface area contributed by atoms with Crippen LogP contribution in [0.4, 0.5) is 8.78 Å². The highest BCUT2D eigenvalue weighted by Gasteiger charge is 2.38. The van der Waals surface area contributed by atoms with Crippen molar-refractivity contribution in [3.63, 3.8) is 0 Å². The van der Waals surface area contributed by atoms with Crippen LogP contribution >= 0.6 is 0 Å². The minimum absolute atomic E-state index is 0.209. The molecule has 1 aliphatic heterocycles. The molecule has 1 saturated heterocycles. The molecule has 0 bridgehead atoms. The van der Waals surface area contributed by atoms with Gasteiger partial charge in [0.1, 0.15) is 11.6 Å². The first-order valence-electron chi connectivity index (χ1n) is 5.51. The lowest BCUT2D eigenvalue weighted by atomic mass is 10.0. The smallest absolute Gasteiger partial charge is 0.123 e. The molecule has 1 aliphatic rings. The summed E-state index contributed by atoms with van der Waals surface area (Å²) in [5.41, 5.74) is 2.11. The van der Waals surface area contributed by atoms with E-state index in [-0.39, 0.29) is 23.7 Å². The third kappa shape index (κ3) is 2.06. The van der Waals surface area contributed by atoms with Crippen molar-refractivity contribution in [3.05, 3.63) is 71.3 Å². The summed E-state index contributed by atoms with van der Waals surface area (Å²) in [6.45, 7) is 0. The molecule has 2 aromatic rings. The Balaban J connectivity index is 1.78. The number of benzene rings is 2.